The van der Waals surface area contributed by atoms with Gasteiger partial charge in [-0.05, 0) is 67.7 Å². The number of nitrogens with zero attached hydrogens (tertiary/aromatic N) is 3. The third kappa shape index (κ3) is 4.02. The average molecular weight is 482 g/mol. The van der Waals surface area contributed by atoms with Gasteiger partial charge in [0.1, 0.15) is 30.2 Å². The molecule has 0 bridgehead atoms. The molecule has 0 saturated carbocycles. The molecule has 7 N–H and O–H groups in total. The number of piperidine rings is 1. The predicted molar refractivity (Wildman–Crippen MR) is 132 cm³/mol. The molecule has 9 nitrogen and oxygen atoms in total. The van der Waals surface area contributed by atoms with E-state index in [1.807, 2.05) is 19.9 Å². The van der Waals surface area contributed by atoms with Crippen LogP contribution in [-0.4, -0.2) is 64.3 Å². The fourth-order valence-corrected chi connectivity index (χ4v) is 5.43. The van der Waals surface area contributed by atoms with E-state index in [4.69, 9.17) is 11.6 Å². The van der Waals surface area contributed by atoms with Crippen LogP contribution in [0.25, 0.3) is 6.08 Å². The van der Waals surface area contributed by atoms with Crippen LogP contribution in [0.5, 0.6) is 0 Å². The van der Waals surface area contributed by atoms with Gasteiger partial charge in [0.25, 0.3) is 0 Å². The summed E-state index contributed by atoms with van der Waals surface area (Å²) in [6.45, 7) is 5.35. The van der Waals surface area contributed by atoms with E-state index in [0.29, 0.717) is 31.3 Å². The van der Waals surface area contributed by atoms with E-state index in [1.54, 1.807) is 11.0 Å². The molecule has 1 atom stereocenters. The molecule has 1 aromatic rings. The molecule has 0 aliphatic carbocycles. The number of carbonyl (C=O) groups is 1. The van der Waals surface area contributed by atoms with Gasteiger partial charge in [-0.15, -0.1) is 0 Å². The van der Waals surface area contributed by atoms with E-state index in [0.717, 1.165) is 46.4 Å². The molecular formula is C25H32FN7O2. The van der Waals surface area contributed by atoms with E-state index in [-0.39, 0.29) is 23.9 Å². The second-order valence-corrected chi connectivity index (χ2v) is 9.47. The number of anilines is 1. The zero-order valence-electron chi connectivity index (χ0n) is 20.0. The number of rotatable bonds is 3. The van der Waals surface area contributed by atoms with Gasteiger partial charge in [-0.25, -0.2) is 15.2 Å². The molecule has 35 heavy (non-hydrogen) atoms. The first kappa shape index (κ1) is 23.3. The molecular weight excluding hydrogens is 449 g/mol. The van der Waals surface area contributed by atoms with E-state index < -0.39 is 6.61 Å². The van der Waals surface area contributed by atoms with Gasteiger partial charge in [0.15, 0.2) is 0 Å². The summed E-state index contributed by atoms with van der Waals surface area (Å²) >= 11 is 0. The Labute approximate surface area is 204 Å². The minimum atomic E-state index is -0.456. The topological polar surface area (TPSA) is 123 Å². The maximum Gasteiger partial charge on any atom is 0.248 e. The summed E-state index contributed by atoms with van der Waals surface area (Å²) in [4.78, 5) is 15.9. The number of hydrogen-bond donors (Lipinski definition) is 5. The number of aliphatic hydroxyl groups excluding tert-OH is 1. The van der Waals surface area contributed by atoms with Crippen molar-refractivity contribution in [2.75, 3.05) is 31.6 Å². The van der Waals surface area contributed by atoms with Gasteiger partial charge in [-0.2, -0.15) is 0 Å². The molecule has 1 unspecified atom stereocenters. The quantitative estimate of drug-likeness (QED) is 0.410. The van der Waals surface area contributed by atoms with E-state index in [1.165, 1.54) is 17.1 Å². The smallest absolute Gasteiger partial charge is 0.248 e. The molecule has 186 valence electrons. The lowest BCUT2D eigenvalue weighted by molar-refractivity contribution is -0.135. The lowest BCUT2D eigenvalue weighted by Crippen LogP contribution is -2.57. The Morgan fingerprint density at radius 1 is 1.29 bits per heavy atom. The SMILES string of the molecule is CC1=CN(C2CCN(C(=O)CO)CC2)C2N/C(=C(/C)C3=Cc4cc(F)ccc4NC3)N(N)C(N)=C12. The lowest BCUT2D eigenvalue weighted by atomic mass is 9.97. The Morgan fingerprint density at radius 3 is 2.74 bits per heavy atom. The number of likely N-dealkylation sites (tertiary alicyclic amines) is 1. The van der Waals surface area contributed by atoms with Crippen LogP contribution < -0.4 is 22.2 Å². The summed E-state index contributed by atoms with van der Waals surface area (Å²) in [7, 11) is 0. The van der Waals surface area contributed by atoms with Crippen LogP contribution in [0.3, 0.4) is 0 Å². The van der Waals surface area contributed by atoms with Crippen molar-refractivity contribution < 1.29 is 14.3 Å². The van der Waals surface area contributed by atoms with Gasteiger partial charge < -0.3 is 31.3 Å². The minimum Gasteiger partial charge on any atom is -0.387 e. The molecule has 0 aromatic heterocycles. The van der Waals surface area contributed by atoms with Crippen molar-refractivity contribution in [3.63, 3.8) is 0 Å². The van der Waals surface area contributed by atoms with Crippen LogP contribution in [0.2, 0.25) is 0 Å². The minimum absolute atomic E-state index is 0.174. The summed E-state index contributed by atoms with van der Waals surface area (Å²) < 4.78 is 13.8. The fourth-order valence-electron chi connectivity index (χ4n) is 5.43. The number of hydrazine groups is 1. The number of aliphatic hydroxyl groups is 1. The standard InChI is InChI=1S/C25H32FN7O2/c1-14-12-32(19-5-7-31(8-6-19)21(35)13-34)25-22(14)23(27)33(28)24(30-25)15(2)17-9-16-10-18(26)3-4-20(16)29-11-17/h3-4,9-10,12,19,25,29-30,34H,5-8,11,13,27-28H2,1-2H3/b24-15+. The van der Waals surface area contributed by atoms with Crippen molar-refractivity contribution >= 4 is 17.7 Å². The average Bonchev–Trinajstić information content (AvgIpc) is 3.20. The van der Waals surface area contributed by atoms with Gasteiger partial charge in [-0.1, -0.05) is 0 Å². The van der Waals surface area contributed by atoms with Gasteiger partial charge in [0, 0.05) is 48.7 Å². The Kier molecular flexibility index (Phi) is 5.94. The van der Waals surface area contributed by atoms with Crippen molar-refractivity contribution in [1.82, 2.24) is 20.1 Å². The normalized spacial score (nSPS) is 23.8. The largest absolute Gasteiger partial charge is 0.387 e. The number of nitrogens with two attached hydrogens (primary N) is 2. The van der Waals surface area contributed by atoms with Gasteiger partial charge >= 0.3 is 0 Å². The number of halogens is 1. The number of benzene rings is 1. The monoisotopic (exact) mass is 481 g/mol. The number of nitrogens with one attached hydrogen (secondary N) is 2. The molecule has 1 aromatic carbocycles. The Hall–Kier alpha value is -3.50. The molecule has 10 heteroatoms. The number of hydrogen-bond acceptors (Lipinski definition) is 8. The Bertz CT molecular complexity index is 1180. The molecule has 1 amide bonds. The summed E-state index contributed by atoms with van der Waals surface area (Å²) in [5.41, 5.74) is 12.1. The third-order valence-electron chi connectivity index (χ3n) is 7.41. The molecule has 1 saturated heterocycles. The molecule has 0 spiro atoms. The fraction of sp³-hybridized carbons (Fsp3) is 0.400. The van der Waals surface area contributed by atoms with Crippen LogP contribution in [-0.2, 0) is 4.79 Å². The zero-order chi connectivity index (χ0) is 24.9. The molecule has 5 rings (SSSR count). The van der Waals surface area contributed by atoms with E-state index in [2.05, 4.69) is 21.7 Å². The van der Waals surface area contributed by atoms with Crippen molar-refractivity contribution in [2.24, 2.45) is 11.6 Å². The van der Waals surface area contributed by atoms with Gasteiger partial charge in [0.2, 0.25) is 5.91 Å². The van der Waals surface area contributed by atoms with Crippen molar-refractivity contribution in [1.29, 1.82) is 0 Å². The van der Waals surface area contributed by atoms with Crippen LogP contribution in [0.4, 0.5) is 10.1 Å². The number of fused-ring (bicyclic) bond motifs is 2. The zero-order valence-corrected chi connectivity index (χ0v) is 20.0. The first-order chi connectivity index (χ1) is 16.8. The highest BCUT2D eigenvalue weighted by Gasteiger charge is 2.41. The summed E-state index contributed by atoms with van der Waals surface area (Å²) in [5, 5.41) is 17.6. The van der Waals surface area contributed by atoms with Crippen molar-refractivity contribution in [3.05, 3.63) is 69.7 Å². The Balaban J connectivity index is 1.43. The summed E-state index contributed by atoms with van der Waals surface area (Å²) in [5.74, 6) is 7.14. The number of amides is 1. The number of carbonyl (C=O) groups excluding carboxylic acids is 1. The van der Waals surface area contributed by atoms with E-state index >= 15 is 0 Å². The first-order valence-corrected chi connectivity index (χ1v) is 11.9. The molecule has 4 heterocycles. The predicted octanol–water partition coefficient (Wildman–Crippen LogP) is 1.34. The molecule has 4 aliphatic rings. The molecule has 4 aliphatic heterocycles. The maximum atomic E-state index is 13.8. The highest BCUT2D eigenvalue weighted by atomic mass is 19.1. The third-order valence-corrected chi connectivity index (χ3v) is 7.41. The lowest BCUT2D eigenvalue weighted by Gasteiger charge is -2.44. The highest BCUT2D eigenvalue weighted by molar-refractivity contribution is 5.77. The molecule has 0 radical (unpaired) electrons. The van der Waals surface area contributed by atoms with E-state index in [9.17, 15) is 14.3 Å². The van der Waals surface area contributed by atoms with Crippen LogP contribution in [0, 0.1) is 5.82 Å². The maximum absolute atomic E-state index is 13.8. The first-order valence-electron chi connectivity index (χ1n) is 11.9. The second kappa shape index (κ2) is 8.94. The molecule has 1 fully saturated rings. The van der Waals surface area contributed by atoms with Gasteiger partial charge in [-0.3, -0.25) is 4.79 Å². The van der Waals surface area contributed by atoms with Gasteiger partial charge in [0.05, 0.1) is 0 Å². The summed E-state index contributed by atoms with van der Waals surface area (Å²) in [6, 6.07) is 4.92. The van der Waals surface area contributed by atoms with Crippen LogP contribution >= 0.6 is 0 Å². The van der Waals surface area contributed by atoms with Crippen LogP contribution in [0.1, 0.15) is 32.3 Å². The summed E-state index contributed by atoms with van der Waals surface area (Å²) in [6.07, 6.45) is 5.50. The highest BCUT2D eigenvalue weighted by Crippen LogP contribution is 2.37. The Morgan fingerprint density at radius 2 is 2.03 bits per heavy atom. The van der Waals surface area contributed by atoms with Crippen molar-refractivity contribution in [3.8, 4) is 0 Å². The van der Waals surface area contributed by atoms with Crippen LogP contribution in [0.15, 0.2) is 58.3 Å². The van der Waals surface area contributed by atoms with Crippen molar-refractivity contribution in [2.45, 2.75) is 38.9 Å². The second-order valence-electron chi connectivity index (χ2n) is 9.47.